The smallest absolute Gasteiger partial charge is 0.253 e. The highest BCUT2D eigenvalue weighted by Crippen LogP contribution is 2.38. The Morgan fingerprint density at radius 3 is 2.70 bits per heavy atom. The highest BCUT2D eigenvalue weighted by atomic mass is 32.2. The van der Waals surface area contributed by atoms with Crippen molar-refractivity contribution in [1.29, 1.82) is 0 Å². The predicted molar refractivity (Wildman–Crippen MR) is 86.1 cm³/mol. The minimum Gasteiger partial charge on any atom is -0.398 e. The second-order valence-corrected chi connectivity index (χ2v) is 7.31. The van der Waals surface area contributed by atoms with Gasteiger partial charge in [-0.2, -0.15) is 0 Å². The van der Waals surface area contributed by atoms with Crippen LogP contribution in [0.1, 0.15) is 43.0 Å². The standard InChI is InChI=1S/C16H24N2OS/c1-11-5-4-6-13(9-11)20-15-8-7-12(10-14(15)17)16(19)18(2)3/h7-8,10-11,13H,4-6,9,17H2,1-3H3. The van der Waals surface area contributed by atoms with Crippen LogP contribution < -0.4 is 5.73 Å². The van der Waals surface area contributed by atoms with Crippen molar-refractivity contribution in [2.45, 2.75) is 42.8 Å². The third-order valence-corrected chi connectivity index (χ3v) is 5.23. The van der Waals surface area contributed by atoms with Gasteiger partial charge in [0.1, 0.15) is 0 Å². The molecule has 2 atom stereocenters. The first-order valence-electron chi connectivity index (χ1n) is 7.25. The summed E-state index contributed by atoms with van der Waals surface area (Å²) in [5, 5.41) is 0.663. The number of anilines is 1. The van der Waals surface area contributed by atoms with Crippen molar-refractivity contribution in [3.63, 3.8) is 0 Å². The number of nitrogens with two attached hydrogens (primary N) is 1. The normalized spacial score (nSPS) is 22.6. The van der Waals surface area contributed by atoms with Gasteiger partial charge in [-0.25, -0.2) is 0 Å². The summed E-state index contributed by atoms with van der Waals surface area (Å²) in [5.41, 5.74) is 7.50. The zero-order valence-corrected chi connectivity index (χ0v) is 13.4. The Kier molecular flexibility index (Phi) is 4.97. The minimum atomic E-state index is -0.000427. The molecule has 0 radical (unpaired) electrons. The molecule has 0 aromatic heterocycles. The lowest BCUT2D eigenvalue weighted by Gasteiger charge is -2.26. The van der Waals surface area contributed by atoms with Gasteiger partial charge in [0.15, 0.2) is 0 Å². The van der Waals surface area contributed by atoms with E-state index in [1.54, 1.807) is 25.1 Å². The number of nitrogen functional groups attached to an aromatic ring is 1. The van der Waals surface area contributed by atoms with Crippen LogP contribution in [0.5, 0.6) is 0 Å². The Bertz CT molecular complexity index is 487. The second-order valence-electron chi connectivity index (χ2n) is 5.96. The number of carbonyl (C=O) groups excluding carboxylic acids is 1. The van der Waals surface area contributed by atoms with E-state index < -0.39 is 0 Å². The molecule has 0 aliphatic heterocycles. The van der Waals surface area contributed by atoms with Crippen LogP contribution in [0.4, 0.5) is 5.69 Å². The van der Waals surface area contributed by atoms with Gasteiger partial charge in [-0.1, -0.05) is 19.8 Å². The van der Waals surface area contributed by atoms with Gasteiger partial charge >= 0.3 is 0 Å². The van der Waals surface area contributed by atoms with Crippen molar-refractivity contribution in [3.8, 4) is 0 Å². The molecule has 4 heteroatoms. The highest BCUT2D eigenvalue weighted by molar-refractivity contribution is 8.00. The van der Waals surface area contributed by atoms with Gasteiger partial charge in [0.2, 0.25) is 0 Å². The average Bonchev–Trinajstić information content (AvgIpc) is 2.40. The van der Waals surface area contributed by atoms with Crippen LogP contribution in [0.2, 0.25) is 0 Å². The first kappa shape index (κ1) is 15.2. The summed E-state index contributed by atoms with van der Waals surface area (Å²) >= 11 is 1.87. The monoisotopic (exact) mass is 292 g/mol. The van der Waals surface area contributed by atoms with Crippen LogP contribution in [0.3, 0.4) is 0 Å². The Morgan fingerprint density at radius 2 is 2.10 bits per heavy atom. The van der Waals surface area contributed by atoms with E-state index in [9.17, 15) is 4.79 Å². The summed E-state index contributed by atoms with van der Waals surface area (Å²) in [4.78, 5) is 14.6. The molecule has 110 valence electrons. The Morgan fingerprint density at radius 1 is 1.35 bits per heavy atom. The van der Waals surface area contributed by atoms with E-state index in [2.05, 4.69) is 6.92 Å². The van der Waals surface area contributed by atoms with Crippen LogP contribution in [0.25, 0.3) is 0 Å². The minimum absolute atomic E-state index is 0.000427. The van der Waals surface area contributed by atoms with E-state index in [-0.39, 0.29) is 5.91 Å². The lowest BCUT2D eigenvalue weighted by molar-refractivity contribution is 0.0827. The van der Waals surface area contributed by atoms with Crippen molar-refractivity contribution in [2.75, 3.05) is 19.8 Å². The van der Waals surface area contributed by atoms with Crippen LogP contribution >= 0.6 is 11.8 Å². The van der Waals surface area contributed by atoms with E-state index in [4.69, 9.17) is 5.73 Å². The van der Waals surface area contributed by atoms with Gasteiger partial charge < -0.3 is 10.6 Å². The number of hydrogen-bond donors (Lipinski definition) is 1. The molecule has 0 bridgehead atoms. The van der Waals surface area contributed by atoms with E-state index in [1.165, 1.54) is 25.7 Å². The van der Waals surface area contributed by atoms with Crippen molar-refractivity contribution in [1.82, 2.24) is 4.90 Å². The molecule has 1 saturated carbocycles. The molecule has 2 rings (SSSR count). The molecule has 20 heavy (non-hydrogen) atoms. The molecule has 1 aliphatic rings. The lowest BCUT2D eigenvalue weighted by atomic mass is 9.91. The number of nitrogens with zero attached hydrogens (tertiary/aromatic N) is 1. The third-order valence-electron chi connectivity index (χ3n) is 3.84. The summed E-state index contributed by atoms with van der Waals surface area (Å²) in [5.74, 6) is 0.816. The van der Waals surface area contributed by atoms with Crippen LogP contribution in [-0.2, 0) is 0 Å². The second kappa shape index (κ2) is 6.53. The van der Waals surface area contributed by atoms with Crippen molar-refractivity contribution >= 4 is 23.4 Å². The molecule has 2 N–H and O–H groups in total. The summed E-state index contributed by atoms with van der Waals surface area (Å²) in [7, 11) is 3.51. The molecule has 0 saturated heterocycles. The molecule has 0 spiro atoms. The van der Waals surface area contributed by atoms with Crippen molar-refractivity contribution < 1.29 is 4.79 Å². The first-order chi connectivity index (χ1) is 9.47. The summed E-state index contributed by atoms with van der Waals surface area (Å²) in [6.45, 7) is 2.33. The molecule has 1 aromatic rings. The van der Waals surface area contributed by atoms with Gasteiger partial charge in [-0.3, -0.25) is 4.79 Å². The van der Waals surface area contributed by atoms with Crippen molar-refractivity contribution in [3.05, 3.63) is 23.8 Å². The van der Waals surface area contributed by atoms with E-state index in [0.717, 1.165) is 16.5 Å². The summed E-state index contributed by atoms with van der Waals surface area (Å²) < 4.78 is 0. The van der Waals surface area contributed by atoms with Gasteiger partial charge in [-0.05, 0) is 37.0 Å². The molecule has 1 fully saturated rings. The Labute approximate surface area is 125 Å². The zero-order chi connectivity index (χ0) is 14.7. The Hall–Kier alpha value is -1.16. The fourth-order valence-electron chi connectivity index (χ4n) is 2.71. The number of rotatable bonds is 3. The quantitative estimate of drug-likeness (QED) is 0.865. The van der Waals surface area contributed by atoms with Crippen molar-refractivity contribution in [2.24, 2.45) is 5.92 Å². The number of thioether (sulfide) groups is 1. The number of amides is 1. The average molecular weight is 292 g/mol. The maximum absolute atomic E-state index is 11.9. The lowest BCUT2D eigenvalue weighted by Crippen LogP contribution is -2.21. The number of carbonyl (C=O) groups is 1. The zero-order valence-electron chi connectivity index (χ0n) is 12.6. The highest BCUT2D eigenvalue weighted by Gasteiger charge is 2.21. The topological polar surface area (TPSA) is 46.3 Å². The molecule has 2 unspecified atom stereocenters. The van der Waals surface area contributed by atoms with E-state index in [0.29, 0.717) is 10.8 Å². The van der Waals surface area contributed by atoms with Gasteiger partial charge in [0.25, 0.3) is 5.91 Å². The molecule has 0 heterocycles. The summed E-state index contributed by atoms with van der Waals surface area (Å²) in [6.07, 6.45) is 5.20. The third kappa shape index (κ3) is 3.69. The molecule has 3 nitrogen and oxygen atoms in total. The maximum Gasteiger partial charge on any atom is 0.253 e. The van der Waals surface area contributed by atoms with Gasteiger partial charge in [-0.15, -0.1) is 11.8 Å². The van der Waals surface area contributed by atoms with Crippen LogP contribution in [-0.4, -0.2) is 30.2 Å². The fraction of sp³-hybridized carbons (Fsp3) is 0.562. The first-order valence-corrected chi connectivity index (χ1v) is 8.13. The molecular formula is C16H24N2OS. The molecule has 1 aliphatic carbocycles. The summed E-state index contributed by atoms with van der Waals surface area (Å²) in [6, 6.07) is 5.68. The number of benzene rings is 1. The SMILES string of the molecule is CC1CCCC(Sc2ccc(C(=O)N(C)C)cc2N)C1. The molecule has 1 amide bonds. The fourth-order valence-corrected chi connectivity index (χ4v) is 4.12. The number of hydrogen-bond acceptors (Lipinski definition) is 3. The van der Waals surface area contributed by atoms with Crippen LogP contribution in [0.15, 0.2) is 23.1 Å². The van der Waals surface area contributed by atoms with E-state index in [1.807, 2.05) is 23.9 Å². The Balaban J connectivity index is 2.08. The predicted octanol–water partition coefficient (Wildman–Crippen LogP) is 3.64. The van der Waals surface area contributed by atoms with Gasteiger partial charge in [0.05, 0.1) is 0 Å². The van der Waals surface area contributed by atoms with E-state index >= 15 is 0 Å². The van der Waals surface area contributed by atoms with Crippen LogP contribution in [0, 0.1) is 5.92 Å². The molecular weight excluding hydrogens is 268 g/mol. The molecule has 1 aromatic carbocycles. The maximum atomic E-state index is 11.9. The van der Waals surface area contributed by atoms with Gasteiger partial charge in [0, 0.05) is 35.5 Å². The largest absolute Gasteiger partial charge is 0.398 e.